The minimum Gasteiger partial charge on any atom is -0.488 e. The molecule has 0 aliphatic carbocycles. The molecule has 0 unspecified atom stereocenters. The quantitative estimate of drug-likeness (QED) is 0.163. The second-order valence-corrected chi connectivity index (χ2v) is 7.18. The molecule has 0 heterocycles. The van der Waals surface area contributed by atoms with Crippen molar-refractivity contribution in [1.82, 2.24) is 5.32 Å². The Balaban J connectivity index is 1.89. The maximum atomic E-state index is 12.5. The molecule has 0 aromatic heterocycles. The number of nitriles is 1. The molecule has 0 aliphatic rings. The first-order valence-electron chi connectivity index (χ1n) is 10.3. The van der Waals surface area contributed by atoms with Crippen LogP contribution in [0.1, 0.15) is 17.5 Å². The lowest BCUT2D eigenvalue weighted by molar-refractivity contribution is -0.384. The maximum Gasteiger partial charge on any atom is 0.269 e. The first kappa shape index (κ1) is 23.4. The number of non-ortho nitro benzene ring substituents is 1. The lowest BCUT2D eigenvalue weighted by atomic mass is 10.0. The van der Waals surface area contributed by atoms with Crippen LogP contribution in [0.5, 0.6) is 5.75 Å². The topological polar surface area (TPSA) is 114 Å². The summed E-state index contributed by atoms with van der Waals surface area (Å²) < 4.78 is 11.0. The molecule has 1 N–H and O–H groups in total. The lowest BCUT2D eigenvalue weighted by Crippen LogP contribution is -2.26. The van der Waals surface area contributed by atoms with Crippen molar-refractivity contribution in [1.29, 1.82) is 5.26 Å². The number of amides is 1. The van der Waals surface area contributed by atoms with E-state index in [2.05, 4.69) is 5.32 Å². The number of hydrogen-bond donors (Lipinski definition) is 1. The number of rotatable bonds is 10. The maximum absolute atomic E-state index is 12.5. The third kappa shape index (κ3) is 6.15. The van der Waals surface area contributed by atoms with Crippen LogP contribution in [0.15, 0.2) is 66.2 Å². The van der Waals surface area contributed by atoms with E-state index in [0.717, 1.165) is 16.3 Å². The van der Waals surface area contributed by atoms with E-state index in [9.17, 15) is 20.2 Å². The van der Waals surface area contributed by atoms with E-state index in [0.29, 0.717) is 30.9 Å². The van der Waals surface area contributed by atoms with Crippen molar-refractivity contribution < 1.29 is 19.2 Å². The van der Waals surface area contributed by atoms with Crippen molar-refractivity contribution in [3.8, 4) is 11.8 Å². The number of nitrogens with one attached hydrogen (secondary N) is 1. The van der Waals surface area contributed by atoms with Crippen LogP contribution in [-0.2, 0) is 16.1 Å². The Morgan fingerprint density at radius 3 is 2.61 bits per heavy atom. The number of methoxy groups -OCH3 is 1. The summed E-state index contributed by atoms with van der Waals surface area (Å²) in [4.78, 5) is 22.9. The molecular formula is C25H23N3O5. The zero-order chi connectivity index (χ0) is 23.6. The fourth-order valence-corrected chi connectivity index (χ4v) is 3.23. The molecule has 8 heteroatoms. The van der Waals surface area contributed by atoms with Crippen molar-refractivity contribution in [2.45, 2.75) is 13.0 Å². The first-order valence-corrected chi connectivity index (χ1v) is 10.3. The molecule has 3 aromatic rings. The second-order valence-electron chi connectivity index (χ2n) is 7.18. The van der Waals surface area contributed by atoms with Gasteiger partial charge >= 0.3 is 0 Å². The van der Waals surface area contributed by atoms with Crippen molar-refractivity contribution >= 4 is 28.4 Å². The van der Waals surface area contributed by atoms with E-state index in [1.54, 1.807) is 25.3 Å². The van der Waals surface area contributed by atoms with Gasteiger partial charge in [0.15, 0.2) is 0 Å². The fraction of sp³-hybridized carbons (Fsp3) is 0.200. The van der Waals surface area contributed by atoms with Crippen molar-refractivity contribution in [2.24, 2.45) is 0 Å². The molecule has 0 spiro atoms. The van der Waals surface area contributed by atoms with Gasteiger partial charge in [0.05, 0.1) is 4.92 Å². The molecular weight excluding hydrogens is 422 g/mol. The average Bonchev–Trinajstić information content (AvgIpc) is 2.84. The fourth-order valence-electron chi connectivity index (χ4n) is 3.23. The number of nitro benzene ring substituents is 1. The highest BCUT2D eigenvalue weighted by atomic mass is 16.6. The van der Waals surface area contributed by atoms with E-state index in [-0.39, 0.29) is 17.9 Å². The Bertz CT molecular complexity index is 1210. The van der Waals surface area contributed by atoms with Crippen LogP contribution in [0.4, 0.5) is 5.69 Å². The first-order chi connectivity index (χ1) is 16.0. The zero-order valence-corrected chi connectivity index (χ0v) is 18.1. The summed E-state index contributed by atoms with van der Waals surface area (Å²) in [6.45, 7) is 1.07. The van der Waals surface area contributed by atoms with E-state index >= 15 is 0 Å². The van der Waals surface area contributed by atoms with Crippen LogP contribution in [0.3, 0.4) is 0 Å². The molecule has 168 valence electrons. The summed E-state index contributed by atoms with van der Waals surface area (Å²) in [5.74, 6) is 0.0230. The summed E-state index contributed by atoms with van der Waals surface area (Å²) in [7, 11) is 1.58. The Kier molecular flexibility index (Phi) is 8.11. The van der Waals surface area contributed by atoms with Gasteiger partial charge in [-0.05, 0) is 47.0 Å². The molecule has 0 fully saturated rings. The molecule has 33 heavy (non-hydrogen) atoms. The molecule has 8 nitrogen and oxygen atoms in total. The van der Waals surface area contributed by atoms with Crippen LogP contribution in [-0.4, -0.2) is 31.1 Å². The Hall–Kier alpha value is -4.22. The van der Waals surface area contributed by atoms with Crippen molar-refractivity contribution in [3.63, 3.8) is 0 Å². The lowest BCUT2D eigenvalue weighted by Gasteiger charge is -2.13. The third-order valence-electron chi connectivity index (χ3n) is 4.94. The number of benzene rings is 3. The predicted molar refractivity (Wildman–Crippen MR) is 124 cm³/mol. The van der Waals surface area contributed by atoms with E-state index in [4.69, 9.17) is 9.47 Å². The second kappa shape index (κ2) is 11.4. The van der Waals surface area contributed by atoms with E-state index < -0.39 is 10.8 Å². The highest BCUT2D eigenvalue weighted by Crippen LogP contribution is 2.31. The molecule has 3 rings (SSSR count). The summed E-state index contributed by atoms with van der Waals surface area (Å²) in [5.41, 5.74) is 1.32. The minimum absolute atomic E-state index is 0.00301. The number of nitrogens with zero attached hydrogens (tertiary/aromatic N) is 2. The molecule has 0 aliphatic heterocycles. The van der Waals surface area contributed by atoms with Gasteiger partial charge in [0.25, 0.3) is 11.6 Å². The molecule has 0 saturated heterocycles. The zero-order valence-electron chi connectivity index (χ0n) is 18.1. The summed E-state index contributed by atoms with van der Waals surface area (Å²) in [6.07, 6.45) is 2.16. The SMILES string of the molecule is COCCCNC(=O)/C(C#N)=C/c1c(OCc2ccc([N+](=O)[O-])cc2)ccc2ccccc12. The Morgan fingerprint density at radius 2 is 1.91 bits per heavy atom. The normalized spacial score (nSPS) is 11.1. The molecule has 0 atom stereocenters. The number of carbonyl (C=O) groups excluding carboxylic acids is 1. The minimum atomic E-state index is -0.470. The number of nitro groups is 1. The van der Waals surface area contributed by atoms with Gasteiger partial charge in [-0.3, -0.25) is 14.9 Å². The number of ether oxygens (including phenoxy) is 2. The summed E-state index contributed by atoms with van der Waals surface area (Å²) in [5, 5.41) is 24.9. The van der Waals surface area contributed by atoms with Gasteiger partial charge in [-0.25, -0.2) is 0 Å². The van der Waals surface area contributed by atoms with E-state index in [1.807, 2.05) is 36.4 Å². The van der Waals surface area contributed by atoms with Crippen LogP contribution in [0.2, 0.25) is 0 Å². The number of hydrogen-bond acceptors (Lipinski definition) is 6. The molecule has 0 radical (unpaired) electrons. The summed E-state index contributed by atoms with van der Waals surface area (Å²) >= 11 is 0. The smallest absolute Gasteiger partial charge is 0.269 e. The number of carbonyl (C=O) groups is 1. The largest absolute Gasteiger partial charge is 0.488 e. The van der Waals surface area contributed by atoms with Crippen molar-refractivity contribution in [3.05, 3.63) is 87.5 Å². The monoisotopic (exact) mass is 445 g/mol. The van der Waals surface area contributed by atoms with Crippen LogP contribution >= 0.6 is 0 Å². The Labute approximate surface area is 191 Å². The van der Waals surface area contributed by atoms with Crippen molar-refractivity contribution in [2.75, 3.05) is 20.3 Å². The highest BCUT2D eigenvalue weighted by Gasteiger charge is 2.14. The van der Waals surface area contributed by atoms with Gasteiger partial charge in [-0.15, -0.1) is 0 Å². The van der Waals surface area contributed by atoms with Crippen LogP contribution in [0, 0.1) is 21.4 Å². The van der Waals surface area contributed by atoms with Gasteiger partial charge in [-0.1, -0.05) is 30.3 Å². The van der Waals surface area contributed by atoms with Gasteiger partial charge < -0.3 is 14.8 Å². The number of fused-ring (bicyclic) bond motifs is 1. The molecule has 1 amide bonds. The van der Waals surface area contributed by atoms with Gasteiger partial charge in [0, 0.05) is 38.0 Å². The Morgan fingerprint density at radius 1 is 1.15 bits per heavy atom. The predicted octanol–water partition coefficient (Wildman–Crippen LogP) is 4.39. The summed E-state index contributed by atoms with van der Waals surface area (Å²) in [6, 6.07) is 19.3. The molecule has 0 saturated carbocycles. The van der Waals surface area contributed by atoms with Gasteiger partial charge in [-0.2, -0.15) is 5.26 Å². The van der Waals surface area contributed by atoms with E-state index in [1.165, 1.54) is 18.2 Å². The molecule has 3 aromatic carbocycles. The van der Waals surface area contributed by atoms with Crippen LogP contribution < -0.4 is 10.1 Å². The highest BCUT2D eigenvalue weighted by molar-refractivity contribution is 6.04. The third-order valence-corrected chi connectivity index (χ3v) is 4.94. The van der Waals surface area contributed by atoms with Crippen LogP contribution in [0.25, 0.3) is 16.8 Å². The average molecular weight is 445 g/mol. The standard InChI is InChI=1S/C25H23N3O5/c1-32-14-4-13-27-25(29)20(16-26)15-23-22-6-3-2-5-19(22)9-12-24(23)33-17-18-7-10-21(11-8-18)28(30)31/h2-3,5-12,15H,4,13-14,17H2,1H3,(H,27,29)/b20-15+. The van der Waals surface area contributed by atoms with Gasteiger partial charge in [0.2, 0.25) is 0 Å². The van der Waals surface area contributed by atoms with Gasteiger partial charge in [0.1, 0.15) is 24.0 Å². The molecule has 0 bridgehead atoms.